The van der Waals surface area contributed by atoms with E-state index in [-0.39, 0.29) is 23.6 Å². The van der Waals surface area contributed by atoms with Crippen molar-refractivity contribution in [2.24, 2.45) is 5.92 Å². The summed E-state index contributed by atoms with van der Waals surface area (Å²) >= 11 is 9.00. The molecule has 11 heteroatoms. The summed E-state index contributed by atoms with van der Waals surface area (Å²) in [6.45, 7) is 8.75. The van der Waals surface area contributed by atoms with Gasteiger partial charge in [0, 0.05) is 17.0 Å². The Hall–Kier alpha value is -3.21. The molecule has 204 valence electrons. The number of rotatable bonds is 11. The number of amides is 2. The lowest BCUT2D eigenvalue weighted by atomic mass is 10.0. The summed E-state index contributed by atoms with van der Waals surface area (Å²) in [7, 11) is 0. The SMILES string of the molecule is CCn1c(SCC(=O)Nc2nc(-c3ccccc3)c(C)s2)nnc1[C@H](CC(C)C)NC(=O)c1ccccc1Cl. The maximum Gasteiger partial charge on any atom is 0.253 e. The highest BCUT2D eigenvalue weighted by atomic mass is 35.5. The van der Waals surface area contributed by atoms with Gasteiger partial charge in [0.2, 0.25) is 5.91 Å². The van der Waals surface area contributed by atoms with Gasteiger partial charge in [0.05, 0.1) is 28.1 Å². The van der Waals surface area contributed by atoms with Crippen LogP contribution in [0.1, 0.15) is 54.3 Å². The van der Waals surface area contributed by atoms with Crippen molar-refractivity contribution in [2.75, 3.05) is 11.1 Å². The smallest absolute Gasteiger partial charge is 0.253 e. The summed E-state index contributed by atoms with van der Waals surface area (Å²) in [6, 6.07) is 16.5. The van der Waals surface area contributed by atoms with Gasteiger partial charge in [-0.25, -0.2) is 4.98 Å². The number of thiazole rings is 1. The number of aryl methyl sites for hydroxylation is 1. The number of aromatic nitrogens is 4. The molecule has 0 aliphatic carbocycles. The Morgan fingerprint density at radius 2 is 1.79 bits per heavy atom. The van der Waals surface area contributed by atoms with Crippen LogP contribution in [-0.2, 0) is 11.3 Å². The van der Waals surface area contributed by atoms with Gasteiger partial charge in [-0.2, -0.15) is 0 Å². The lowest BCUT2D eigenvalue weighted by molar-refractivity contribution is -0.113. The van der Waals surface area contributed by atoms with Crippen molar-refractivity contribution in [2.45, 2.75) is 51.9 Å². The van der Waals surface area contributed by atoms with Crippen LogP contribution >= 0.6 is 34.7 Å². The highest BCUT2D eigenvalue weighted by molar-refractivity contribution is 7.99. The molecule has 0 unspecified atom stereocenters. The largest absolute Gasteiger partial charge is 0.342 e. The Kier molecular flexibility index (Phi) is 9.77. The first kappa shape index (κ1) is 28.8. The zero-order chi connectivity index (χ0) is 27.9. The minimum absolute atomic E-state index is 0.151. The number of nitrogens with one attached hydrogen (secondary N) is 2. The molecule has 2 aromatic heterocycles. The molecule has 0 saturated carbocycles. The van der Waals surface area contributed by atoms with Gasteiger partial charge in [-0.15, -0.1) is 21.5 Å². The van der Waals surface area contributed by atoms with Gasteiger partial charge >= 0.3 is 0 Å². The number of carbonyl (C=O) groups excluding carboxylic acids is 2. The van der Waals surface area contributed by atoms with Gasteiger partial charge in [-0.1, -0.05) is 79.7 Å². The van der Waals surface area contributed by atoms with Crippen LogP contribution < -0.4 is 10.6 Å². The van der Waals surface area contributed by atoms with Crippen LogP contribution in [-0.4, -0.2) is 37.3 Å². The molecule has 2 heterocycles. The fourth-order valence-corrected chi connectivity index (χ4v) is 6.03. The summed E-state index contributed by atoms with van der Waals surface area (Å²) in [4.78, 5) is 31.5. The molecule has 1 atom stereocenters. The average Bonchev–Trinajstić information content (AvgIpc) is 3.50. The summed E-state index contributed by atoms with van der Waals surface area (Å²) in [5, 5.41) is 16.3. The molecule has 0 radical (unpaired) electrons. The van der Waals surface area contributed by atoms with E-state index < -0.39 is 0 Å². The summed E-state index contributed by atoms with van der Waals surface area (Å²) in [5.41, 5.74) is 2.30. The third kappa shape index (κ3) is 7.26. The van der Waals surface area contributed by atoms with Gasteiger partial charge in [0.25, 0.3) is 5.91 Å². The normalized spacial score (nSPS) is 11.9. The highest BCUT2D eigenvalue weighted by Crippen LogP contribution is 2.31. The van der Waals surface area contributed by atoms with Crippen LogP contribution in [0.15, 0.2) is 59.8 Å². The van der Waals surface area contributed by atoms with Crippen LogP contribution in [0.2, 0.25) is 5.02 Å². The Morgan fingerprint density at radius 1 is 1.08 bits per heavy atom. The van der Waals surface area contributed by atoms with Gasteiger partial charge in [-0.05, 0) is 38.3 Å². The van der Waals surface area contributed by atoms with Gasteiger partial charge in [0.1, 0.15) is 0 Å². The van der Waals surface area contributed by atoms with E-state index in [9.17, 15) is 9.59 Å². The number of hydrogen-bond donors (Lipinski definition) is 2. The Bertz CT molecular complexity index is 1440. The fraction of sp³-hybridized carbons (Fsp3) is 0.321. The molecule has 0 saturated heterocycles. The van der Waals surface area contributed by atoms with Crippen molar-refractivity contribution in [3.05, 3.63) is 75.9 Å². The third-order valence-corrected chi connectivity index (χ3v) is 8.11. The van der Waals surface area contributed by atoms with Gasteiger partial charge in [-0.3, -0.25) is 9.59 Å². The average molecular weight is 583 g/mol. The van der Waals surface area contributed by atoms with Crippen molar-refractivity contribution in [3.8, 4) is 11.3 Å². The molecule has 2 aromatic carbocycles. The number of halogens is 1. The van der Waals surface area contributed by atoms with E-state index in [0.717, 1.165) is 16.1 Å². The minimum atomic E-state index is -0.362. The Balaban J connectivity index is 1.44. The van der Waals surface area contributed by atoms with Crippen molar-refractivity contribution in [3.63, 3.8) is 0 Å². The fourth-order valence-electron chi connectivity index (χ4n) is 4.14. The molecule has 0 bridgehead atoms. The van der Waals surface area contributed by atoms with E-state index in [1.165, 1.54) is 23.1 Å². The van der Waals surface area contributed by atoms with Crippen molar-refractivity contribution < 1.29 is 9.59 Å². The Labute approximate surface area is 241 Å². The van der Waals surface area contributed by atoms with Gasteiger partial charge < -0.3 is 15.2 Å². The number of carbonyl (C=O) groups is 2. The van der Waals surface area contributed by atoms with E-state index in [0.29, 0.717) is 45.6 Å². The number of thioether (sulfide) groups is 1. The topological polar surface area (TPSA) is 102 Å². The molecule has 8 nitrogen and oxygen atoms in total. The van der Waals surface area contributed by atoms with Crippen molar-refractivity contribution in [1.82, 2.24) is 25.1 Å². The second kappa shape index (κ2) is 13.2. The first-order valence-corrected chi connectivity index (χ1v) is 14.9. The number of hydrogen-bond acceptors (Lipinski definition) is 7. The lowest BCUT2D eigenvalue weighted by Gasteiger charge is -2.21. The van der Waals surface area contributed by atoms with Crippen LogP contribution in [0.25, 0.3) is 11.3 Å². The van der Waals surface area contributed by atoms with E-state index in [4.69, 9.17) is 11.6 Å². The first-order valence-electron chi connectivity index (χ1n) is 12.7. The Morgan fingerprint density at radius 3 is 2.49 bits per heavy atom. The van der Waals surface area contributed by atoms with Crippen LogP contribution in [0.3, 0.4) is 0 Å². The molecular weight excluding hydrogens is 552 g/mol. The maximum atomic E-state index is 13.0. The molecule has 0 aliphatic heterocycles. The summed E-state index contributed by atoms with van der Waals surface area (Å²) < 4.78 is 1.94. The zero-order valence-corrected chi connectivity index (χ0v) is 24.7. The number of anilines is 1. The molecule has 0 spiro atoms. The molecule has 4 aromatic rings. The number of benzene rings is 2. The molecule has 2 N–H and O–H groups in total. The van der Waals surface area contributed by atoms with Crippen LogP contribution in [0, 0.1) is 12.8 Å². The zero-order valence-electron chi connectivity index (χ0n) is 22.3. The van der Waals surface area contributed by atoms with E-state index in [1.54, 1.807) is 24.3 Å². The highest BCUT2D eigenvalue weighted by Gasteiger charge is 2.25. The van der Waals surface area contributed by atoms with Crippen LogP contribution in [0.5, 0.6) is 0 Å². The second-order valence-corrected chi connectivity index (χ2v) is 11.9. The first-order chi connectivity index (χ1) is 18.8. The van der Waals surface area contributed by atoms with Crippen LogP contribution in [0.4, 0.5) is 5.13 Å². The summed E-state index contributed by atoms with van der Waals surface area (Å²) in [5.74, 6) is 0.661. The molecule has 39 heavy (non-hydrogen) atoms. The van der Waals surface area contributed by atoms with Gasteiger partial charge in [0.15, 0.2) is 16.1 Å². The molecule has 0 aliphatic rings. The monoisotopic (exact) mass is 582 g/mol. The standard InChI is InChI=1S/C28H31ClN6O2S2/c1-5-35-25(22(15-17(2)3)30-26(37)20-13-9-10-14-21(20)29)33-34-28(35)38-16-23(36)31-27-32-24(18(4)39-27)19-11-7-6-8-12-19/h6-14,17,22H,5,15-16H2,1-4H3,(H,30,37)(H,31,32,36)/t22-/m0/s1. The lowest BCUT2D eigenvalue weighted by Crippen LogP contribution is -2.31. The quantitative estimate of drug-likeness (QED) is 0.192. The van der Waals surface area contributed by atoms with E-state index >= 15 is 0 Å². The second-order valence-electron chi connectivity index (χ2n) is 9.35. The maximum absolute atomic E-state index is 13.0. The molecule has 2 amide bonds. The predicted molar refractivity (Wildman–Crippen MR) is 158 cm³/mol. The molecule has 4 rings (SSSR count). The number of nitrogens with zero attached hydrogens (tertiary/aromatic N) is 4. The third-order valence-electron chi connectivity index (χ3n) is 5.93. The summed E-state index contributed by atoms with van der Waals surface area (Å²) in [6.07, 6.45) is 0.673. The van der Waals surface area contributed by atoms with Crippen molar-refractivity contribution in [1.29, 1.82) is 0 Å². The minimum Gasteiger partial charge on any atom is -0.342 e. The van der Waals surface area contributed by atoms with E-state index in [1.807, 2.05) is 48.7 Å². The molecule has 0 fully saturated rings. The predicted octanol–water partition coefficient (Wildman–Crippen LogP) is 6.63. The molecular formula is C28H31ClN6O2S2. The van der Waals surface area contributed by atoms with Crippen molar-refractivity contribution >= 4 is 51.6 Å². The van der Waals surface area contributed by atoms with E-state index in [2.05, 4.69) is 39.7 Å².